The van der Waals surface area contributed by atoms with Crippen LogP contribution < -0.4 is 11.3 Å². The van der Waals surface area contributed by atoms with Gasteiger partial charge in [0.1, 0.15) is 11.3 Å². The smallest absolute Gasteiger partial charge is 0.338 e. The number of hydrogen-bond donors (Lipinski definition) is 4. The molecular weight excluding hydrogens is 432 g/mol. The number of benzene rings is 1. The predicted octanol–water partition coefficient (Wildman–Crippen LogP) is 3.30. The molecule has 2 aromatic rings. The maximum atomic E-state index is 12.8. The number of rotatable bonds is 10. The van der Waals surface area contributed by atoms with Gasteiger partial charge in [-0.05, 0) is 31.5 Å². The van der Waals surface area contributed by atoms with Crippen molar-refractivity contribution in [2.75, 3.05) is 0 Å². The molecule has 0 aliphatic heterocycles. The molecule has 0 saturated heterocycles. The first-order chi connectivity index (χ1) is 14.7. The minimum atomic E-state index is -1.33. The van der Waals surface area contributed by atoms with E-state index in [1.165, 1.54) is 25.1 Å². The average molecular weight is 452 g/mol. The normalized spacial score (nSPS) is 11.2. The van der Waals surface area contributed by atoms with Gasteiger partial charge < -0.3 is 15.9 Å². The van der Waals surface area contributed by atoms with Crippen molar-refractivity contribution in [1.29, 1.82) is 0 Å². The third-order valence-corrected chi connectivity index (χ3v) is 4.83. The Morgan fingerprint density at radius 2 is 2.00 bits per heavy atom. The fraction of sp³-hybridized carbons (Fsp3) is 0.278. The molecule has 0 atom stereocenters. The van der Waals surface area contributed by atoms with Crippen molar-refractivity contribution in [3.05, 3.63) is 45.2 Å². The highest BCUT2D eigenvalue weighted by atomic mass is 32.2. The van der Waals surface area contributed by atoms with Crippen LogP contribution in [0.4, 0.5) is 11.4 Å². The molecule has 12 nitrogen and oxygen atoms in total. The van der Waals surface area contributed by atoms with E-state index < -0.39 is 23.3 Å². The molecule has 1 aromatic carbocycles. The highest BCUT2D eigenvalue weighted by molar-refractivity contribution is 7.94. The zero-order valence-corrected chi connectivity index (χ0v) is 17.4. The second-order valence-electron chi connectivity index (χ2n) is 6.26. The number of pyridine rings is 1. The summed E-state index contributed by atoms with van der Waals surface area (Å²) < 4.78 is 5.24. The molecule has 0 bridgehead atoms. The van der Waals surface area contributed by atoms with Crippen LogP contribution in [0.5, 0.6) is 5.88 Å². The first-order valence-electron chi connectivity index (χ1n) is 8.92. The van der Waals surface area contributed by atoms with Crippen LogP contribution in [0.1, 0.15) is 46.0 Å². The Labute approximate surface area is 180 Å². The molecule has 5 N–H and O–H groups in total. The summed E-state index contributed by atoms with van der Waals surface area (Å²) in [4.78, 5) is 36.5. The number of nitrogens with two attached hydrogens (primary N) is 1. The molecule has 1 amide bonds. The third kappa shape index (κ3) is 5.46. The van der Waals surface area contributed by atoms with E-state index >= 15 is 0 Å². The molecule has 0 unspecified atom stereocenters. The van der Waals surface area contributed by atoms with Crippen molar-refractivity contribution in [2.24, 2.45) is 16.0 Å². The fourth-order valence-corrected chi connectivity index (χ4v) is 3.12. The number of aromatic nitrogens is 1. The molecule has 0 saturated carbocycles. The van der Waals surface area contributed by atoms with Gasteiger partial charge in [-0.25, -0.2) is 10.1 Å². The minimum absolute atomic E-state index is 0.0176. The summed E-state index contributed by atoms with van der Waals surface area (Å²) in [5.74, 6) is -2.83. The summed E-state index contributed by atoms with van der Waals surface area (Å²) in [5.41, 5.74) is 3.79. The lowest BCUT2D eigenvalue weighted by Crippen LogP contribution is -2.25. The predicted molar refractivity (Wildman–Crippen MR) is 109 cm³/mol. The Bertz CT molecular complexity index is 1080. The monoisotopic (exact) mass is 452 g/mol. The van der Waals surface area contributed by atoms with Gasteiger partial charge in [-0.1, -0.05) is 18.4 Å². The Morgan fingerprint density at radius 1 is 1.29 bits per heavy atom. The number of carbonyl (C=O) groups excluding carboxylic acids is 1. The largest absolute Gasteiger partial charge is 0.494 e. The molecule has 13 heteroatoms. The van der Waals surface area contributed by atoms with E-state index in [0.717, 1.165) is 11.0 Å². The zero-order valence-electron chi connectivity index (χ0n) is 16.6. The van der Waals surface area contributed by atoms with E-state index in [1.54, 1.807) is 0 Å². The van der Waals surface area contributed by atoms with Crippen molar-refractivity contribution in [2.45, 2.75) is 38.1 Å². The van der Waals surface area contributed by atoms with Gasteiger partial charge >= 0.3 is 5.97 Å². The Morgan fingerprint density at radius 3 is 2.58 bits per heavy atom. The molecule has 2 rings (SSSR count). The van der Waals surface area contributed by atoms with Crippen molar-refractivity contribution < 1.29 is 34.4 Å². The molecular formula is C18H20N4O8S. The van der Waals surface area contributed by atoms with E-state index in [1.807, 2.05) is 6.92 Å². The number of nitrogens with zero attached hydrogens (tertiary/aromatic N) is 3. The van der Waals surface area contributed by atoms with E-state index in [0.29, 0.717) is 18.5 Å². The molecule has 31 heavy (non-hydrogen) atoms. The Hall–Kier alpha value is -3.26. The van der Waals surface area contributed by atoms with Gasteiger partial charge in [-0.3, -0.25) is 14.2 Å². The first-order valence-corrected chi connectivity index (χ1v) is 9.67. The van der Waals surface area contributed by atoms with E-state index in [4.69, 9.17) is 11.0 Å². The van der Waals surface area contributed by atoms with Crippen molar-refractivity contribution in [3.63, 3.8) is 0 Å². The highest BCUT2D eigenvalue weighted by Gasteiger charge is 2.22. The molecule has 166 valence electrons. The maximum Gasteiger partial charge on any atom is 0.338 e. The fourth-order valence-electron chi connectivity index (χ4n) is 2.73. The van der Waals surface area contributed by atoms with Crippen LogP contribution in [0.3, 0.4) is 0 Å². The van der Waals surface area contributed by atoms with Gasteiger partial charge in [0.2, 0.25) is 5.88 Å². The van der Waals surface area contributed by atoms with Crippen LogP contribution in [0.25, 0.3) is 0 Å². The van der Waals surface area contributed by atoms with Gasteiger partial charge in [0, 0.05) is 17.0 Å². The average Bonchev–Trinajstić information content (AvgIpc) is 2.72. The summed E-state index contributed by atoms with van der Waals surface area (Å²) in [5, 5.41) is 39.2. The summed E-state index contributed by atoms with van der Waals surface area (Å²) in [7, 11) is 0. The molecule has 0 aliphatic rings. The number of carboxylic acids is 1. The Kier molecular flexibility index (Phi) is 8.27. The second-order valence-corrected chi connectivity index (χ2v) is 7.03. The summed E-state index contributed by atoms with van der Waals surface area (Å²) in [6.45, 7) is 3.40. The lowest BCUT2D eigenvalue weighted by Gasteiger charge is -2.14. The number of aromatic hydroxyl groups is 1. The highest BCUT2D eigenvalue weighted by Crippen LogP contribution is 2.30. The minimum Gasteiger partial charge on any atom is -0.494 e. The van der Waals surface area contributed by atoms with Gasteiger partial charge in [0.05, 0.1) is 17.6 Å². The maximum absolute atomic E-state index is 12.8. The van der Waals surface area contributed by atoms with Crippen LogP contribution in [0.15, 0.2) is 38.1 Å². The quantitative estimate of drug-likeness (QED) is 0.181. The third-order valence-electron chi connectivity index (χ3n) is 4.26. The number of aromatic carboxylic acids is 1. The number of primary amides is 1. The number of carboxylic acid groups (broad SMARTS) is 1. The molecule has 0 radical (unpaired) electrons. The molecule has 1 aromatic heterocycles. The molecule has 1 heterocycles. The van der Waals surface area contributed by atoms with Gasteiger partial charge in [0.15, 0.2) is 5.69 Å². The SMILES string of the molecule is CCCCn1c(O)c(C(N)=O)c(C)c(N=Nc2ccc(SOOO)cc2C(=O)O)c1=O. The summed E-state index contributed by atoms with van der Waals surface area (Å²) >= 11 is 0.556. The standard InChI is InChI=1S/C18H20N4O8S/c1-3-4-7-22-16(24)13(15(19)23)9(2)14(17(22)25)21-20-12-6-5-10(31-30-29-28)8-11(12)18(26)27/h5-6,8,24,28H,3-4,7H2,1-2H3,(H2,19,23)(H,26,27). The van der Waals surface area contributed by atoms with Gasteiger partial charge in [-0.2, -0.15) is 0 Å². The van der Waals surface area contributed by atoms with E-state index in [9.17, 15) is 24.6 Å². The van der Waals surface area contributed by atoms with Gasteiger partial charge in [-0.15, -0.1) is 14.6 Å². The number of hydrogen-bond acceptors (Lipinski definition) is 10. The Balaban J connectivity index is 2.60. The number of unbranched alkanes of at least 4 members (excludes halogenated alkanes) is 1. The molecule has 0 fully saturated rings. The van der Waals surface area contributed by atoms with Gasteiger partial charge in [0.25, 0.3) is 11.5 Å². The van der Waals surface area contributed by atoms with Crippen LogP contribution in [0, 0.1) is 6.92 Å². The van der Waals surface area contributed by atoms with Crippen LogP contribution in [-0.2, 0) is 15.9 Å². The van der Waals surface area contributed by atoms with Crippen LogP contribution in [-0.4, -0.2) is 31.9 Å². The zero-order chi connectivity index (χ0) is 23.1. The lowest BCUT2D eigenvalue weighted by molar-refractivity contribution is -0.432. The van der Waals surface area contributed by atoms with Crippen molar-refractivity contribution >= 4 is 35.3 Å². The van der Waals surface area contributed by atoms with Crippen LogP contribution in [0.2, 0.25) is 0 Å². The van der Waals surface area contributed by atoms with E-state index in [2.05, 4.69) is 19.6 Å². The second kappa shape index (κ2) is 10.7. The lowest BCUT2D eigenvalue weighted by atomic mass is 10.1. The first kappa shape index (κ1) is 24.0. The van der Waals surface area contributed by atoms with Crippen molar-refractivity contribution in [1.82, 2.24) is 4.57 Å². The topological polar surface area (TPSA) is 186 Å². The van der Waals surface area contributed by atoms with E-state index in [-0.39, 0.29) is 39.5 Å². The number of azo groups is 1. The van der Waals surface area contributed by atoms with Crippen LogP contribution >= 0.6 is 12.0 Å². The molecule has 0 spiro atoms. The molecule has 0 aliphatic carbocycles. The summed E-state index contributed by atoms with van der Waals surface area (Å²) in [6.07, 6.45) is 1.27. The number of carbonyl (C=O) groups is 2. The number of amides is 1. The van der Waals surface area contributed by atoms with Crippen molar-refractivity contribution in [3.8, 4) is 5.88 Å². The summed E-state index contributed by atoms with van der Waals surface area (Å²) in [6, 6.07) is 3.91.